The third-order valence-electron chi connectivity index (χ3n) is 3.26. The Morgan fingerprint density at radius 1 is 1.26 bits per heavy atom. The third kappa shape index (κ3) is 3.84. The fourth-order valence-corrected chi connectivity index (χ4v) is 2.21. The molecule has 1 atom stereocenters. The summed E-state index contributed by atoms with van der Waals surface area (Å²) in [6.45, 7) is 1.09. The highest BCUT2D eigenvalue weighted by molar-refractivity contribution is 5.28. The van der Waals surface area contributed by atoms with E-state index in [9.17, 15) is 18.3 Å². The van der Waals surface area contributed by atoms with Gasteiger partial charge in [0.1, 0.15) is 5.75 Å². The number of rotatable bonds is 4. The average molecular weight is 276 g/mol. The van der Waals surface area contributed by atoms with Crippen molar-refractivity contribution in [2.45, 2.75) is 19.2 Å². The lowest BCUT2D eigenvalue weighted by molar-refractivity contribution is -0.274. The van der Waals surface area contributed by atoms with Crippen LogP contribution in [0.1, 0.15) is 12.0 Å². The lowest BCUT2D eigenvalue weighted by Gasteiger charge is -2.24. The van der Waals surface area contributed by atoms with Crippen molar-refractivity contribution in [3.05, 3.63) is 29.8 Å². The monoisotopic (exact) mass is 276 g/mol. The SMILES string of the molecule is OCC1(Cc2ccc(OC(F)(F)F)cc2)CCOC1. The van der Waals surface area contributed by atoms with Gasteiger partial charge in [-0.2, -0.15) is 0 Å². The maximum atomic E-state index is 12.0. The van der Waals surface area contributed by atoms with E-state index in [2.05, 4.69) is 4.74 Å². The molecule has 6 heteroatoms. The predicted molar refractivity (Wildman–Crippen MR) is 61.8 cm³/mol. The quantitative estimate of drug-likeness (QED) is 0.918. The van der Waals surface area contributed by atoms with Gasteiger partial charge < -0.3 is 14.6 Å². The van der Waals surface area contributed by atoms with Crippen LogP contribution in [0.2, 0.25) is 0 Å². The Morgan fingerprint density at radius 2 is 1.95 bits per heavy atom. The molecule has 1 heterocycles. The summed E-state index contributed by atoms with van der Waals surface area (Å²) in [6, 6.07) is 5.72. The highest BCUT2D eigenvalue weighted by atomic mass is 19.4. The van der Waals surface area contributed by atoms with E-state index >= 15 is 0 Å². The normalized spacial score (nSPS) is 23.6. The zero-order chi connectivity index (χ0) is 13.9. The maximum Gasteiger partial charge on any atom is 0.573 e. The van der Waals surface area contributed by atoms with Gasteiger partial charge in [-0.15, -0.1) is 13.2 Å². The molecule has 106 valence electrons. The minimum absolute atomic E-state index is 0.00774. The standard InChI is InChI=1S/C13H15F3O3/c14-13(15,16)19-11-3-1-10(2-4-11)7-12(8-17)5-6-18-9-12/h1-4,17H,5-9H2. The Bertz CT molecular complexity index is 408. The summed E-state index contributed by atoms with van der Waals surface area (Å²) in [5.41, 5.74) is 0.543. The van der Waals surface area contributed by atoms with Gasteiger partial charge >= 0.3 is 6.36 Å². The van der Waals surface area contributed by atoms with Crippen LogP contribution in [-0.2, 0) is 11.2 Å². The van der Waals surface area contributed by atoms with Crippen molar-refractivity contribution in [1.29, 1.82) is 0 Å². The molecule has 1 aliphatic heterocycles. The van der Waals surface area contributed by atoms with E-state index in [-0.39, 0.29) is 17.8 Å². The Morgan fingerprint density at radius 3 is 2.42 bits per heavy atom. The number of aliphatic hydroxyl groups excluding tert-OH is 1. The van der Waals surface area contributed by atoms with Gasteiger partial charge in [0, 0.05) is 12.0 Å². The zero-order valence-electron chi connectivity index (χ0n) is 10.2. The van der Waals surface area contributed by atoms with E-state index in [1.54, 1.807) is 12.1 Å². The average Bonchev–Trinajstić information content (AvgIpc) is 2.79. The summed E-state index contributed by atoms with van der Waals surface area (Å²) in [7, 11) is 0. The van der Waals surface area contributed by atoms with E-state index in [1.807, 2.05) is 0 Å². The molecule has 19 heavy (non-hydrogen) atoms. The smallest absolute Gasteiger partial charge is 0.406 e. The van der Waals surface area contributed by atoms with Crippen molar-refractivity contribution in [3.63, 3.8) is 0 Å². The summed E-state index contributed by atoms with van der Waals surface area (Å²) in [6.07, 6.45) is -3.34. The Balaban J connectivity index is 2.02. The Hall–Kier alpha value is -1.27. The fraction of sp³-hybridized carbons (Fsp3) is 0.538. The number of benzene rings is 1. The molecule has 1 saturated heterocycles. The second-order valence-electron chi connectivity index (χ2n) is 4.83. The highest BCUT2D eigenvalue weighted by Gasteiger charge is 2.34. The highest BCUT2D eigenvalue weighted by Crippen LogP contribution is 2.33. The minimum Gasteiger partial charge on any atom is -0.406 e. The molecule has 1 aliphatic rings. The number of hydrogen-bond acceptors (Lipinski definition) is 3. The van der Waals surface area contributed by atoms with Gasteiger partial charge in [0.25, 0.3) is 0 Å². The van der Waals surface area contributed by atoms with Crippen LogP contribution in [-0.4, -0.2) is 31.3 Å². The van der Waals surface area contributed by atoms with Crippen LogP contribution in [0.4, 0.5) is 13.2 Å². The molecule has 3 nitrogen and oxygen atoms in total. The molecule has 1 unspecified atom stereocenters. The lowest BCUT2D eigenvalue weighted by atomic mass is 9.82. The number of hydrogen-bond donors (Lipinski definition) is 1. The summed E-state index contributed by atoms with van der Waals surface area (Å²) in [4.78, 5) is 0. The van der Waals surface area contributed by atoms with Crippen molar-refractivity contribution in [2.24, 2.45) is 5.41 Å². The molecule has 1 N–H and O–H groups in total. The van der Waals surface area contributed by atoms with Gasteiger partial charge in [0.05, 0.1) is 13.2 Å². The molecule has 1 fully saturated rings. The number of halogens is 3. The molecular weight excluding hydrogens is 261 g/mol. The summed E-state index contributed by atoms with van der Waals surface area (Å²) in [5, 5.41) is 9.43. The first kappa shape index (κ1) is 14.1. The molecule has 0 aliphatic carbocycles. The zero-order valence-corrected chi connectivity index (χ0v) is 10.2. The van der Waals surface area contributed by atoms with Crippen LogP contribution in [0, 0.1) is 5.41 Å². The van der Waals surface area contributed by atoms with Crippen LogP contribution in [0.3, 0.4) is 0 Å². The summed E-state index contributed by atoms with van der Waals surface area (Å²) in [5.74, 6) is -0.239. The molecule has 1 aromatic carbocycles. The molecule has 1 aromatic rings. The van der Waals surface area contributed by atoms with Crippen molar-refractivity contribution in [2.75, 3.05) is 19.8 Å². The number of ether oxygens (including phenoxy) is 2. The first-order chi connectivity index (χ1) is 8.92. The Kier molecular flexibility index (Phi) is 4.01. The van der Waals surface area contributed by atoms with E-state index in [0.29, 0.717) is 19.6 Å². The third-order valence-corrected chi connectivity index (χ3v) is 3.26. The summed E-state index contributed by atoms with van der Waals surface area (Å²) < 4.78 is 45.1. The van der Waals surface area contributed by atoms with Gasteiger partial charge in [0.15, 0.2) is 0 Å². The van der Waals surface area contributed by atoms with Crippen molar-refractivity contribution >= 4 is 0 Å². The largest absolute Gasteiger partial charge is 0.573 e. The van der Waals surface area contributed by atoms with Crippen LogP contribution < -0.4 is 4.74 Å². The number of alkyl halides is 3. The van der Waals surface area contributed by atoms with E-state index in [0.717, 1.165) is 12.0 Å². The van der Waals surface area contributed by atoms with Gasteiger partial charge in [-0.05, 0) is 30.5 Å². The molecule has 0 amide bonds. The van der Waals surface area contributed by atoms with E-state index in [1.165, 1.54) is 12.1 Å². The second-order valence-corrected chi connectivity index (χ2v) is 4.83. The fourth-order valence-electron chi connectivity index (χ4n) is 2.21. The molecule has 2 rings (SSSR count). The van der Waals surface area contributed by atoms with Crippen LogP contribution in [0.5, 0.6) is 5.75 Å². The van der Waals surface area contributed by atoms with Gasteiger partial charge in [-0.1, -0.05) is 12.1 Å². The molecule has 0 saturated carbocycles. The molecular formula is C13H15F3O3. The van der Waals surface area contributed by atoms with Crippen LogP contribution in [0.25, 0.3) is 0 Å². The summed E-state index contributed by atoms with van der Waals surface area (Å²) >= 11 is 0. The van der Waals surface area contributed by atoms with E-state index in [4.69, 9.17) is 4.74 Å². The van der Waals surface area contributed by atoms with Gasteiger partial charge in [-0.3, -0.25) is 0 Å². The molecule has 0 spiro atoms. The molecule has 0 aromatic heterocycles. The van der Waals surface area contributed by atoms with E-state index < -0.39 is 6.36 Å². The lowest BCUT2D eigenvalue weighted by Crippen LogP contribution is -2.28. The van der Waals surface area contributed by atoms with Crippen molar-refractivity contribution in [3.8, 4) is 5.75 Å². The number of aliphatic hydroxyl groups is 1. The van der Waals surface area contributed by atoms with Crippen molar-refractivity contribution < 1.29 is 27.8 Å². The minimum atomic E-state index is -4.67. The predicted octanol–water partition coefficient (Wildman–Crippen LogP) is 2.53. The first-order valence-corrected chi connectivity index (χ1v) is 5.96. The van der Waals surface area contributed by atoms with Crippen LogP contribution in [0.15, 0.2) is 24.3 Å². The first-order valence-electron chi connectivity index (χ1n) is 5.96. The van der Waals surface area contributed by atoms with Crippen LogP contribution >= 0.6 is 0 Å². The van der Waals surface area contributed by atoms with Gasteiger partial charge in [0.2, 0.25) is 0 Å². The topological polar surface area (TPSA) is 38.7 Å². The molecule has 0 bridgehead atoms. The Labute approximate surface area is 108 Å². The molecule has 0 radical (unpaired) electrons. The van der Waals surface area contributed by atoms with Crippen molar-refractivity contribution in [1.82, 2.24) is 0 Å². The van der Waals surface area contributed by atoms with Gasteiger partial charge in [-0.25, -0.2) is 0 Å². The second kappa shape index (κ2) is 5.38. The maximum absolute atomic E-state index is 12.0.